The summed E-state index contributed by atoms with van der Waals surface area (Å²) in [6.45, 7) is 0. The maximum absolute atomic E-state index is 10.8. The highest BCUT2D eigenvalue weighted by Crippen LogP contribution is 2.13. The molecule has 1 rings (SSSR count). The van der Waals surface area contributed by atoms with Crippen LogP contribution in [0.1, 0.15) is 5.56 Å². The lowest BCUT2D eigenvalue weighted by molar-refractivity contribution is -0.139. The van der Waals surface area contributed by atoms with E-state index in [4.69, 9.17) is 9.84 Å². The zero-order chi connectivity index (χ0) is 11.3. The first kappa shape index (κ1) is 14.8. The monoisotopic (exact) mass is 243 g/mol. The van der Waals surface area contributed by atoms with E-state index >= 15 is 0 Å². The summed E-state index contributed by atoms with van der Waals surface area (Å²) in [5, 5.41) is 11.6. The standard InChI is InChI=1S/C11H15NO3.H2S/c1-12-10(11(13)14)7-8-4-3-5-9(6-8)15-2;/h3-6,10,12H,7H2,1-2H3,(H,13,14);1H2/t10-;/m0./s1. The Morgan fingerprint density at radius 1 is 1.56 bits per heavy atom. The molecule has 0 aliphatic rings. The number of hydrogen-bond donors (Lipinski definition) is 2. The maximum Gasteiger partial charge on any atom is 0.321 e. The minimum atomic E-state index is -0.847. The van der Waals surface area contributed by atoms with Crippen LogP contribution in [0.5, 0.6) is 5.75 Å². The lowest BCUT2D eigenvalue weighted by Gasteiger charge is -2.11. The fraction of sp³-hybridized carbons (Fsp3) is 0.364. The number of nitrogens with one attached hydrogen (secondary N) is 1. The van der Waals surface area contributed by atoms with Crippen LogP contribution in [-0.4, -0.2) is 31.3 Å². The third kappa shape index (κ3) is 4.12. The summed E-state index contributed by atoms with van der Waals surface area (Å²) in [6, 6.07) is 6.85. The molecule has 0 radical (unpaired) electrons. The molecule has 2 N–H and O–H groups in total. The molecule has 90 valence electrons. The van der Waals surface area contributed by atoms with Crippen LogP contribution in [0.25, 0.3) is 0 Å². The van der Waals surface area contributed by atoms with Crippen molar-refractivity contribution in [3.05, 3.63) is 29.8 Å². The summed E-state index contributed by atoms with van der Waals surface area (Å²) in [6.07, 6.45) is 0.447. The van der Waals surface area contributed by atoms with Gasteiger partial charge in [-0.15, -0.1) is 0 Å². The lowest BCUT2D eigenvalue weighted by atomic mass is 10.1. The molecule has 1 aromatic rings. The Morgan fingerprint density at radius 2 is 2.25 bits per heavy atom. The highest BCUT2D eigenvalue weighted by atomic mass is 32.1. The zero-order valence-corrected chi connectivity index (χ0v) is 10.4. The number of likely N-dealkylation sites (N-methyl/N-ethyl adjacent to an activating group) is 1. The Hall–Kier alpha value is -1.20. The Bertz CT molecular complexity index is 344. The van der Waals surface area contributed by atoms with Crippen molar-refractivity contribution in [2.75, 3.05) is 14.2 Å². The smallest absolute Gasteiger partial charge is 0.321 e. The van der Waals surface area contributed by atoms with Gasteiger partial charge in [-0.2, -0.15) is 13.5 Å². The SMILES string of the molecule is CN[C@@H](Cc1cccc(OC)c1)C(=O)O.S. The molecule has 16 heavy (non-hydrogen) atoms. The molecule has 0 spiro atoms. The van der Waals surface area contributed by atoms with E-state index in [1.807, 2.05) is 24.3 Å². The van der Waals surface area contributed by atoms with Gasteiger partial charge in [0.25, 0.3) is 0 Å². The predicted octanol–water partition coefficient (Wildman–Crippen LogP) is 1.02. The van der Waals surface area contributed by atoms with Gasteiger partial charge in [-0.05, 0) is 31.2 Å². The second-order valence-corrected chi connectivity index (χ2v) is 3.24. The van der Waals surface area contributed by atoms with Gasteiger partial charge in [0.15, 0.2) is 0 Å². The number of aliphatic carboxylic acids is 1. The molecule has 0 bridgehead atoms. The summed E-state index contributed by atoms with van der Waals surface area (Å²) in [5.41, 5.74) is 0.941. The van der Waals surface area contributed by atoms with Gasteiger partial charge >= 0.3 is 5.97 Å². The molecule has 0 amide bonds. The highest BCUT2D eigenvalue weighted by molar-refractivity contribution is 7.59. The second-order valence-electron chi connectivity index (χ2n) is 3.24. The lowest BCUT2D eigenvalue weighted by Crippen LogP contribution is -2.35. The summed E-state index contributed by atoms with van der Waals surface area (Å²) >= 11 is 0. The van der Waals surface area contributed by atoms with Crippen LogP contribution < -0.4 is 10.1 Å². The summed E-state index contributed by atoms with van der Waals surface area (Å²) in [4.78, 5) is 10.8. The first-order chi connectivity index (χ1) is 7.17. The minimum Gasteiger partial charge on any atom is -0.497 e. The third-order valence-corrected chi connectivity index (χ3v) is 2.22. The summed E-state index contributed by atoms with van der Waals surface area (Å²) < 4.78 is 5.06. The van der Waals surface area contributed by atoms with E-state index < -0.39 is 12.0 Å². The Balaban J connectivity index is 0.00000225. The van der Waals surface area contributed by atoms with Crippen LogP contribution in [-0.2, 0) is 11.2 Å². The number of ether oxygens (including phenoxy) is 1. The molecule has 0 saturated carbocycles. The van der Waals surface area contributed by atoms with Crippen LogP contribution in [0, 0.1) is 0 Å². The number of carboxylic acids is 1. The number of benzene rings is 1. The van der Waals surface area contributed by atoms with Gasteiger partial charge in [0, 0.05) is 0 Å². The quantitative estimate of drug-likeness (QED) is 0.810. The van der Waals surface area contributed by atoms with E-state index in [0.29, 0.717) is 6.42 Å². The van der Waals surface area contributed by atoms with Crippen molar-refractivity contribution in [3.63, 3.8) is 0 Å². The van der Waals surface area contributed by atoms with Crippen molar-refractivity contribution >= 4 is 19.5 Å². The van der Waals surface area contributed by atoms with E-state index in [1.54, 1.807) is 14.2 Å². The van der Waals surface area contributed by atoms with Crippen LogP contribution in [0.2, 0.25) is 0 Å². The first-order valence-electron chi connectivity index (χ1n) is 4.70. The number of carbonyl (C=O) groups is 1. The van der Waals surface area contributed by atoms with Crippen molar-refractivity contribution in [1.29, 1.82) is 0 Å². The molecular formula is C11H17NO3S. The van der Waals surface area contributed by atoms with Crippen LogP contribution >= 0.6 is 13.5 Å². The van der Waals surface area contributed by atoms with Crippen molar-refractivity contribution in [2.45, 2.75) is 12.5 Å². The van der Waals surface area contributed by atoms with Crippen LogP contribution in [0.15, 0.2) is 24.3 Å². The van der Waals surface area contributed by atoms with E-state index in [-0.39, 0.29) is 13.5 Å². The molecule has 0 aliphatic carbocycles. The van der Waals surface area contributed by atoms with Crippen molar-refractivity contribution in [1.82, 2.24) is 5.32 Å². The van der Waals surface area contributed by atoms with Gasteiger partial charge in [-0.25, -0.2) is 0 Å². The largest absolute Gasteiger partial charge is 0.497 e. The third-order valence-electron chi connectivity index (χ3n) is 2.22. The number of hydrogen-bond acceptors (Lipinski definition) is 3. The number of methoxy groups -OCH3 is 1. The summed E-state index contributed by atoms with van der Waals surface area (Å²) in [7, 11) is 3.23. The Morgan fingerprint density at radius 3 is 2.75 bits per heavy atom. The normalized spacial score (nSPS) is 11.4. The molecule has 4 nitrogen and oxygen atoms in total. The van der Waals surface area contributed by atoms with Gasteiger partial charge in [0.1, 0.15) is 11.8 Å². The Labute approximate surface area is 102 Å². The Kier molecular flexibility index (Phi) is 6.60. The van der Waals surface area contributed by atoms with Gasteiger partial charge in [0.2, 0.25) is 0 Å². The molecule has 0 aromatic heterocycles. The second kappa shape index (κ2) is 7.14. The number of carboxylic acid groups (broad SMARTS) is 1. The van der Waals surface area contributed by atoms with Crippen molar-refractivity contribution < 1.29 is 14.6 Å². The average Bonchev–Trinajstić information content (AvgIpc) is 2.25. The predicted molar refractivity (Wildman–Crippen MR) is 67.6 cm³/mol. The zero-order valence-electron chi connectivity index (χ0n) is 9.36. The molecule has 1 aromatic carbocycles. The van der Waals surface area contributed by atoms with Gasteiger partial charge in [-0.1, -0.05) is 12.1 Å². The molecule has 0 fully saturated rings. The molecule has 0 heterocycles. The topological polar surface area (TPSA) is 58.6 Å². The van der Waals surface area contributed by atoms with Gasteiger partial charge < -0.3 is 15.2 Å². The fourth-order valence-electron chi connectivity index (χ4n) is 1.35. The first-order valence-corrected chi connectivity index (χ1v) is 4.70. The highest BCUT2D eigenvalue weighted by Gasteiger charge is 2.15. The minimum absolute atomic E-state index is 0. The van der Waals surface area contributed by atoms with Crippen molar-refractivity contribution in [2.24, 2.45) is 0 Å². The molecule has 5 heteroatoms. The maximum atomic E-state index is 10.8. The van der Waals surface area contributed by atoms with Crippen LogP contribution in [0.3, 0.4) is 0 Å². The number of rotatable bonds is 5. The van der Waals surface area contributed by atoms with E-state index in [2.05, 4.69) is 5.32 Å². The van der Waals surface area contributed by atoms with Crippen LogP contribution in [0.4, 0.5) is 0 Å². The van der Waals surface area contributed by atoms with E-state index in [1.165, 1.54) is 0 Å². The van der Waals surface area contributed by atoms with E-state index in [0.717, 1.165) is 11.3 Å². The average molecular weight is 243 g/mol. The van der Waals surface area contributed by atoms with Gasteiger partial charge in [0.05, 0.1) is 7.11 Å². The van der Waals surface area contributed by atoms with Gasteiger partial charge in [-0.3, -0.25) is 4.79 Å². The molecule has 0 aliphatic heterocycles. The fourth-order valence-corrected chi connectivity index (χ4v) is 1.35. The molecule has 0 saturated heterocycles. The molecular weight excluding hydrogens is 226 g/mol. The van der Waals surface area contributed by atoms with Crippen molar-refractivity contribution in [3.8, 4) is 5.75 Å². The van der Waals surface area contributed by atoms with E-state index in [9.17, 15) is 4.79 Å². The summed E-state index contributed by atoms with van der Waals surface area (Å²) in [5.74, 6) is -0.104. The molecule has 1 atom stereocenters. The molecule has 0 unspecified atom stereocenters.